The number of halogens is 1. The van der Waals surface area contributed by atoms with Gasteiger partial charge < -0.3 is 9.64 Å². The summed E-state index contributed by atoms with van der Waals surface area (Å²) in [4.78, 5) is 13.8. The first-order chi connectivity index (χ1) is 8.16. The zero-order chi connectivity index (χ0) is 12.3. The molecule has 0 N–H and O–H groups in total. The van der Waals surface area contributed by atoms with Gasteiger partial charge in [0.15, 0.2) is 0 Å². The lowest BCUT2D eigenvalue weighted by atomic mass is 10.2. The summed E-state index contributed by atoms with van der Waals surface area (Å²) in [6.45, 7) is 1.45. The molecule has 17 heavy (non-hydrogen) atoms. The van der Waals surface area contributed by atoms with Crippen LogP contribution in [0.1, 0.15) is 23.2 Å². The Morgan fingerprint density at radius 1 is 1.59 bits per heavy atom. The summed E-state index contributed by atoms with van der Waals surface area (Å²) in [5.41, 5.74) is 0.623. The van der Waals surface area contributed by atoms with Crippen molar-refractivity contribution in [1.82, 2.24) is 4.90 Å². The van der Waals surface area contributed by atoms with Crippen molar-refractivity contribution in [2.24, 2.45) is 0 Å². The third-order valence-corrected chi connectivity index (χ3v) is 3.15. The van der Waals surface area contributed by atoms with Crippen LogP contribution in [-0.4, -0.2) is 37.1 Å². The van der Waals surface area contributed by atoms with Gasteiger partial charge in [-0.25, -0.2) is 0 Å². The second-order valence-electron chi connectivity index (χ2n) is 4.33. The number of nitrogens with zero attached hydrogens (tertiary/aromatic N) is 1. The van der Waals surface area contributed by atoms with E-state index in [0.717, 1.165) is 19.4 Å². The fraction of sp³-hybridized carbons (Fsp3) is 0.462. The fourth-order valence-corrected chi connectivity index (χ4v) is 2.21. The SMILES string of the molecule is CN(CC1CCCO1)C(=O)c1cccc(Cl)c1. The molecule has 4 heteroatoms. The molecule has 92 valence electrons. The first-order valence-electron chi connectivity index (χ1n) is 5.79. The normalized spacial score (nSPS) is 19.3. The quantitative estimate of drug-likeness (QED) is 0.829. The number of carbonyl (C=O) groups is 1. The smallest absolute Gasteiger partial charge is 0.253 e. The van der Waals surface area contributed by atoms with Crippen molar-refractivity contribution in [1.29, 1.82) is 0 Å². The molecule has 1 aliphatic heterocycles. The molecule has 1 aromatic rings. The molecule has 1 saturated heterocycles. The molecule has 0 aromatic heterocycles. The standard InChI is InChI=1S/C13H16ClNO2/c1-15(9-12-6-3-7-17-12)13(16)10-4-2-5-11(14)8-10/h2,4-5,8,12H,3,6-7,9H2,1H3. The molecule has 1 unspecified atom stereocenters. The van der Waals surface area contributed by atoms with Gasteiger partial charge in [0, 0.05) is 30.8 Å². The Balaban J connectivity index is 1.98. The molecule has 0 aliphatic carbocycles. The Hall–Kier alpha value is -1.06. The van der Waals surface area contributed by atoms with Crippen LogP contribution >= 0.6 is 11.6 Å². The number of likely N-dealkylation sites (N-methyl/N-ethyl adjacent to an activating group) is 1. The van der Waals surface area contributed by atoms with Crippen LogP contribution in [0.25, 0.3) is 0 Å². The lowest BCUT2D eigenvalue weighted by Gasteiger charge is -2.20. The molecular weight excluding hydrogens is 238 g/mol. The van der Waals surface area contributed by atoms with Gasteiger partial charge >= 0.3 is 0 Å². The van der Waals surface area contributed by atoms with Crippen LogP contribution in [-0.2, 0) is 4.74 Å². The topological polar surface area (TPSA) is 29.5 Å². The monoisotopic (exact) mass is 253 g/mol. The van der Waals surface area contributed by atoms with E-state index >= 15 is 0 Å². The number of hydrogen-bond acceptors (Lipinski definition) is 2. The number of carbonyl (C=O) groups excluding carboxylic acids is 1. The van der Waals surface area contributed by atoms with E-state index < -0.39 is 0 Å². The van der Waals surface area contributed by atoms with Gasteiger partial charge in [-0.2, -0.15) is 0 Å². The molecule has 3 nitrogen and oxygen atoms in total. The molecule has 1 heterocycles. The number of rotatable bonds is 3. The Labute approximate surface area is 106 Å². The fourth-order valence-electron chi connectivity index (χ4n) is 2.02. The van der Waals surface area contributed by atoms with Crippen LogP contribution in [0.4, 0.5) is 0 Å². The molecule has 1 fully saturated rings. The third-order valence-electron chi connectivity index (χ3n) is 2.92. The van der Waals surface area contributed by atoms with Crippen molar-refractivity contribution in [2.75, 3.05) is 20.2 Å². The number of amides is 1. The van der Waals surface area contributed by atoms with E-state index in [1.165, 1.54) is 0 Å². The summed E-state index contributed by atoms with van der Waals surface area (Å²) >= 11 is 5.87. The molecule has 0 radical (unpaired) electrons. The molecule has 1 atom stereocenters. The van der Waals surface area contributed by atoms with Gasteiger partial charge in [0.2, 0.25) is 0 Å². The maximum atomic E-state index is 12.1. The van der Waals surface area contributed by atoms with Crippen molar-refractivity contribution in [3.8, 4) is 0 Å². The molecule has 1 aliphatic rings. The summed E-state index contributed by atoms with van der Waals surface area (Å²) in [5, 5.41) is 0.585. The van der Waals surface area contributed by atoms with Crippen molar-refractivity contribution in [2.45, 2.75) is 18.9 Å². The van der Waals surface area contributed by atoms with Crippen molar-refractivity contribution in [3.05, 3.63) is 34.9 Å². The summed E-state index contributed by atoms with van der Waals surface area (Å²) in [7, 11) is 1.80. The average Bonchev–Trinajstić information content (AvgIpc) is 2.80. The minimum atomic E-state index is -0.0111. The minimum absolute atomic E-state index is 0.0111. The van der Waals surface area contributed by atoms with E-state index in [-0.39, 0.29) is 12.0 Å². The Morgan fingerprint density at radius 2 is 2.41 bits per heavy atom. The second-order valence-corrected chi connectivity index (χ2v) is 4.77. The molecule has 0 bridgehead atoms. The second kappa shape index (κ2) is 5.52. The highest BCUT2D eigenvalue weighted by Crippen LogP contribution is 2.15. The predicted octanol–water partition coefficient (Wildman–Crippen LogP) is 2.59. The Kier molecular flexibility index (Phi) is 4.02. The van der Waals surface area contributed by atoms with Crippen LogP contribution in [0.3, 0.4) is 0 Å². The van der Waals surface area contributed by atoms with Gasteiger partial charge in [0.25, 0.3) is 5.91 Å². The van der Waals surface area contributed by atoms with Gasteiger partial charge in [-0.3, -0.25) is 4.79 Å². The van der Waals surface area contributed by atoms with E-state index in [1.54, 1.807) is 36.2 Å². The zero-order valence-corrected chi connectivity index (χ0v) is 10.6. The van der Waals surface area contributed by atoms with Crippen LogP contribution in [0.5, 0.6) is 0 Å². The number of ether oxygens (including phenoxy) is 1. The van der Waals surface area contributed by atoms with Gasteiger partial charge in [0.05, 0.1) is 6.10 Å². The van der Waals surface area contributed by atoms with E-state index in [0.29, 0.717) is 17.1 Å². The molecule has 0 spiro atoms. The lowest BCUT2D eigenvalue weighted by Crippen LogP contribution is -2.34. The van der Waals surface area contributed by atoms with Crippen molar-refractivity contribution < 1.29 is 9.53 Å². The molecule has 0 saturated carbocycles. The zero-order valence-electron chi connectivity index (χ0n) is 9.86. The first kappa shape index (κ1) is 12.4. The van der Waals surface area contributed by atoms with Crippen LogP contribution in [0.2, 0.25) is 5.02 Å². The minimum Gasteiger partial charge on any atom is -0.376 e. The van der Waals surface area contributed by atoms with Gasteiger partial charge in [-0.05, 0) is 31.0 Å². The predicted molar refractivity (Wildman–Crippen MR) is 67.4 cm³/mol. The lowest BCUT2D eigenvalue weighted by molar-refractivity contribution is 0.0587. The van der Waals surface area contributed by atoms with E-state index in [9.17, 15) is 4.79 Å². The number of hydrogen-bond donors (Lipinski definition) is 0. The van der Waals surface area contributed by atoms with Crippen molar-refractivity contribution >= 4 is 17.5 Å². The Morgan fingerprint density at radius 3 is 3.06 bits per heavy atom. The molecule has 2 rings (SSSR count). The maximum Gasteiger partial charge on any atom is 0.253 e. The highest BCUT2D eigenvalue weighted by Gasteiger charge is 2.20. The van der Waals surface area contributed by atoms with Gasteiger partial charge in [-0.1, -0.05) is 17.7 Å². The van der Waals surface area contributed by atoms with E-state index in [1.807, 2.05) is 0 Å². The summed E-state index contributed by atoms with van der Waals surface area (Å²) in [6.07, 6.45) is 2.31. The average molecular weight is 254 g/mol. The van der Waals surface area contributed by atoms with E-state index in [4.69, 9.17) is 16.3 Å². The summed E-state index contributed by atoms with van der Waals surface area (Å²) in [6, 6.07) is 7.02. The van der Waals surface area contributed by atoms with Crippen LogP contribution < -0.4 is 0 Å². The third kappa shape index (κ3) is 3.20. The summed E-state index contributed by atoms with van der Waals surface area (Å²) < 4.78 is 5.51. The van der Waals surface area contributed by atoms with Gasteiger partial charge in [-0.15, -0.1) is 0 Å². The number of benzene rings is 1. The van der Waals surface area contributed by atoms with E-state index in [2.05, 4.69) is 0 Å². The highest BCUT2D eigenvalue weighted by molar-refractivity contribution is 6.30. The van der Waals surface area contributed by atoms with Crippen molar-refractivity contribution in [3.63, 3.8) is 0 Å². The first-order valence-corrected chi connectivity index (χ1v) is 6.17. The van der Waals surface area contributed by atoms with Crippen LogP contribution in [0.15, 0.2) is 24.3 Å². The summed E-state index contributed by atoms with van der Waals surface area (Å²) in [5.74, 6) is -0.0111. The Bertz CT molecular complexity index is 402. The largest absolute Gasteiger partial charge is 0.376 e. The van der Waals surface area contributed by atoms with Crippen LogP contribution in [0, 0.1) is 0 Å². The molecule has 1 amide bonds. The van der Waals surface area contributed by atoms with Gasteiger partial charge in [0.1, 0.15) is 0 Å². The molecule has 1 aromatic carbocycles. The highest BCUT2D eigenvalue weighted by atomic mass is 35.5. The maximum absolute atomic E-state index is 12.1. The molecular formula is C13H16ClNO2.